The number of carbonyl (C=O) groups excluding carboxylic acids is 1. The standard InChI is InChI=1S/C16H23BBrNO4/c1-6-21-14(20)10-12(11-7-8-19-13(18)9-11)17-22-15(2,3)16(4,5)23-17/h7-9,12H,6,10H2,1-5H3. The van der Waals surface area contributed by atoms with E-state index in [-0.39, 0.29) is 18.2 Å². The summed E-state index contributed by atoms with van der Waals surface area (Å²) in [6, 6.07) is 3.76. The van der Waals surface area contributed by atoms with Gasteiger partial charge in [-0.2, -0.15) is 0 Å². The Balaban J connectivity index is 2.29. The zero-order valence-electron chi connectivity index (χ0n) is 14.3. The van der Waals surface area contributed by atoms with Crippen molar-refractivity contribution in [3.8, 4) is 0 Å². The highest BCUT2D eigenvalue weighted by Crippen LogP contribution is 2.42. The van der Waals surface area contributed by atoms with Gasteiger partial charge in [0, 0.05) is 12.0 Å². The van der Waals surface area contributed by atoms with E-state index in [0.717, 1.165) is 5.56 Å². The molecule has 1 aliphatic rings. The number of hydrogen-bond acceptors (Lipinski definition) is 5. The normalized spacial score (nSPS) is 20.3. The van der Waals surface area contributed by atoms with Crippen molar-refractivity contribution in [2.45, 2.75) is 58.1 Å². The molecule has 0 amide bonds. The van der Waals surface area contributed by atoms with E-state index in [9.17, 15) is 4.79 Å². The molecule has 1 aliphatic heterocycles. The lowest BCUT2D eigenvalue weighted by atomic mass is 9.66. The number of hydrogen-bond donors (Lipinski definition) is 0. The monoisotopic (exact) mass is 383 g/mol. The van der Waals surface area contributed by atoms with Gasteiger partial charge in [0.1, 0.15) is 4.60 Å². The van der Waals surface area contributed by atoms with Crippen molar-refractivity contribution in [2.75, 3.05) is 6.61 Å². The maximum absolute atomic E-state index is 12.0. The number of halogens is 1. The van der Waals surface area contributed by atoms with Crippen molar-refractivity contribution in [3.05, 3.63) is 28.5 Å². The first-order valence-electron chi connectivity index (χ1n) is 7.79. The van der Waals surface area contributed by atoms with Crippen LogP contribution in [0.25, 0.3) is 0 Å². The Morgan fingerprint density at radius 2 is 1.96 bits per heavy atom. The van der Waals surface area contributed by atoms with Gasteiger partial charge in [0.2, 0.25) is 0 Å². The molecule has 1 unspecified atom stereocenters. The first-order chi connectivity index (χ1) is 10.7. The van der Waals surface area contributed by atoms with Gasteiger partial charge in [-0.3, -0.25) is 4.79 Å². The van der Waals surface area contributed by atoms with Crippen LogP contribution in [-0.2, 0) is 18.8 Å². The molecule has 1 aromatic rings. The number of carbonyl (C=O) groups is 1. The van der Waals surface area contributed by atoms with Crippen LogP contribution in [0.15, 0.2) is 22.9 Å². The smallest absolute Gasteiger partial charge is 0.466 e. The molecule has 1 atom stereocenters. The van der Waals surface area contributed by atoms with Crippen molar-refractivity contribution >= 4 is 29.0 Å². The fourth-order valence-electron chi connectivity index (χ4n) is 2.47. The molecule has 23 heavy (non-hydrogen) atoms. The summed E-state index contributed by atoms with van der Waals surface area (Å²) in [5, 5.41) is 0. The fourth-order valence-corrected chi connectivity index (χ4v) is 2.85. The molecule has 2 heterocycles. The first-order valence-corrected chi connectivity index (χ1v) is 8.58. The van der Waals surface area contributed by atoms with Gasteiger partial charge >= 0.3 is 13.1 Å². The second-order valence-corrected chi connectivity index (χ2v) is 7.46. The Bertz CT molecular complexity index is 563. The topological polar surface area (TPSA) is 57.7 Å². The number of aromatic nitrogens is 1. The molecule has 1 fully saturated rings. The van der Waals surface area contributed by atoms with Crippen LogP contribution in [0.5, 0.6) is 0 Å². The van der Waals surface area contributed by atoms with Crippen molar-refractivity contribution in [1.82, 2.24) is 4.98 Å². The highest BCUT2D eigenvalue weighted by Gasteiger charge is 2.54. The molecular weight excluding hydrogens is 361 g/mol. The molecule has 0 aromatic carbocycles. The highest BCUT2D eigenvalue weighted by atomic mass is 79.9. The number of ether oxygens (including phenoxy) is 1. The molecular formula is C16H23BBrNO4. The largest absolute Gasteiger partial charge is 0.466 e. The quantitative estimate of drug-likeness (QED) is 0.442. The number of rotatable bonds is 5. The first kappa shape index (κ1) is 18.4. The van der Waals surface area contributed by atoms with Gasteiger partial charge in [0.05, 0.1) is 24.2 Å². The highest BCUT2D eigenvalue weighted by molar-refractivity contribution is 9.10. The maximum Gasteiger partial charge on any atom is 0.466 e. The Hall–Kier alpha value is -0.915. The van der Waals surface area contributed by atoms with E-state index < -0.39 is 18.3 Å². The molecule has 1 aromatic heterocycles. The van der Waals surface area contributed by atoms with Crippen LogP contribution < -0.4 is 0 Å². The van der Waals surface area contributed by atoms with Gasteiger partial charge in [0.25, 0.3) is 0 Å². The van der Waals surface area contributed by atoms with Crippen LogP contribution in [0.2, 0.25) is 0 Å². The van der Waals surface area contributed by atoms with Crippen molar-refractivity contribution in [3.63, 3.8) is 0 Å². The minimum atomic E-state index is -0.515. The van der Waals surface area contributed by atoms with Gasteiger partial charge in [-0.15, -0.1) is 0 Å². The van der Waals surface area contributed by atoms with Crippen LogP contribution in [0.4, 0.5) is 0 Å². The molecule has 0 spiro atoms. The minimum Gasteiger partial charge on any atom is -0.466 e. The van der Waals surface area contributed by atoms with E-state index >= 15 is 0 Å². The van der Waals surface area contributed by atoms with E-state index in [2.05, 4.69) is 20.9 Å². The van der Waals surface area contributed by atoms with Crippen molar-refractivity contribution in [1.29, 1.82) is 0 Å². The summed E-state index contributed by atoms with van der Waals surface area (Å²) in [5.74, 6) is -0.519. The molecule has 0 radical (unpaired) electrons. The SMILES string of the molecule is CCOC(=O)CC(B1OC(C)(C)C(C)(C)O1)c1ccnc(Br)c1. The Morgan fingerprint density at radius 3 is 2.48 bits per heavy atom. The maximum atomic E-state index is 12.0. The summed E-state index contributed by atoms with van der Waals surface area (Å²) in [6.45, 7) is 10.1. The number of nitrogens with zero attached hydrogens (tertiary/aromatic N) is 1. The number of esters is 1. The summed E-state index contributed by atoms with van der Waals surface area (Å²) < 4.78 is 18.1. The van der Waals surface area contributed by atoms with E-state index in [1.807, 2.05) is 39.8 Å². The third-order valence-corrected chi connectivity index (χ3v) is 4.90. The molecule has 1 saturated heterocycles. The lowest BCUT2D eigenvalue weighted by molar-refractivity contribution is -0.143. The average Bonchev–Trinajstić information content (AvgIpc) is 2.65. The van der Waals surface area contributed by atoms with E-state index in [1.165, 1.54) is 0 Å². The molecule has 7 heteroatoms. The van der Waals surface area contributed by atoms with Crippen LogP contribution in [0.1, 0.15) is 52.4 Å². The zero-order valence-corrected chi connectivity index (χ0v) is 15.8. The zero-order chi connectivity index (χ0) is 17.3. The summed E-state index contributed by atoms with van der Waals surface area (Å²) in [7, 11) is -0.515. The van der Waals surface area contributed by atoms with Crippen molar-refractivity contribution < 1.29 is 18.8 Å². The van der Waals surface area contributed by atoms with Gasteiger partial charge < -0.3 is 14.0 Å². The van der Waals surface area contributed by atoms with Crippen LogP contribution in [0, 0.1) is 0 Å². The third kappa shape index (κ3) is 4.14. The summed E-state index contributed by atoms with van der Waals surface area (Å²) in [6.07, 6.45) is 1.89. The Morgan fingerprint density at radius 1 is 1.35 bits per heavy atom. The second kappa shape index (κ2) is 6.91. The second-order valence-electron chi connectivity index (χ2n) is 6.65. The van der Waals surface area contributed by atoms with E-state index in [0.29, 0.717) is 11.2 Å². The van der Waals surface area contributed by atoms with Gasteiger partial charge in [-0.05, 0) is 68.2 Å². The molecule has 0 aliphatic carbocycles. The average molecular weight is 384 g/mol. The van der Waals surface area contributed by atoms with Crippen LogP contribution in [0.3, 0.4) is 0 Å². The van der Waals surface area contributed by atoms with Gasteiger partial charge in [0.15, 0.2) is 0 Å². The Labute approximate surface area is 146 Å². The molecule has 126 valence electrons. The lowest BCUT2D eigenvalue weighted by Gasteiger charge is -2.32. The predicted octanol–water partition coefficient (Wildman–Crippen LogP) is 3.51. The molecule has 0 N–H and O–H groups in total. The molecule has 5 nitrogen and oxygen atoms in total. The summed E-state index contributed by atoms with van der Waals surface area (Å²) >= 11 is 3.37. The lowest BCUT2D eigenvalue weighted by Crippen LogP contribution is -2.41. The van der Waals surface area contributed by atoms with Gasteiger partial charge in [-0.25, -0.2) is 4.98 Å². The summed E-state index contributed by atoms with van der Waals surface area (Å²) in [4.78, 5) is 16.2. The number of pyridine rings is 1. The molecule has 0 bridgehead atoms. The van der Waals surface area contributed by atoms with Gasteiger partial charge in [-0.1, -0.05) is 0 Å². The molecule has 0 saturated carbocycles. The van der Waals surface area contributed by atoms with E-state index in [4.69, 9.17) is 14.0 Å². The fraction of sp³-hybridized carbons (Fsp3) is 0.625. The van der Waals surface area contributed by atoms with E-state index in [1.54, 1.807) is 13.1 Å². The third-order valence-electron chi connectivity index (χ3n) is 4.47. The van der Waals surface area contributed by atoms with Crippen LogP contribution in [-0.4, -0.2) is 35.9 Å². The van der Waals surface area contributed by atoms with Crippen LogP contribution >= 0.6 is 15.9 Å². The predicted molar refractivity (Wildman–Crippen MR) is 92.0 cm³/mol. The summed E-state index contributed by atoms with van der Waals surface area (Å²) in [5.41, 5.74) is 0.0300. The molecule has 2 rings (SSSR count). The van der Waals surface area contributed by atoms with Crippen molar-refractivity contribution in [2.24, 2.45) is 0 Å². The Kier molecular flexibility index (Phi) is 5.54. The minimum absolute atomic E-state index is 0.196.